The van der Waals surface area contributed by atoms with E-state index in [0.717, 1.165) is 11.3 Å². The van der Waals surface area contributed by atoms with Crippen LogP contribution < -0.4 is 15.0 Å². The fourth-order valence-corrected chi connectivity index (χ4v) is 4.08. The molecular formula is C21H22Cl2N4O3S. The van der Waals surface area contributed by atoms with Gasteiger partial charge in [-0.1, -0.05) is 12.1 Å². The number of rotatable bonds is 8. The summed E-state index contributed by atoms with van der Waals surface area (Å²) in [5.41, 5.74) is 3.33. The second kappa shape index (κ2) is 9.82. The summed E-state index contributed by atoms with van der Waals surface area (Å²) >= 11 is 11.7. The number of sulfonamides is 1. The zero-order valence-corrected chi connectivity index (χ0v) is 19.2. The van der Waals surface area contributed by atoms with Crippen LogP contribution in [0.3, 0.4) is 0 Å². The van der Waals surface area contributed by atoms with Crippen molar-refractivity contribution in [2.75, 3.05) is 34.8 Å². The van der Waals surface area contributed by atoms with Crippen LogP contribution in [-0.2, 0) is 14.8 Å². The molecule has 0 aliphatic carbocycles. The molecule has 3 rings (SSSR count). The Morgan fingerprint density at radius 1 is 1.03 bits per heavy atom. The smallest absolute Gasteiger partial charge is 0.280 e. The number of benzene rings is 2. The van der Waals surface area contributed by atoms with Gasteiger partial charge in [-0.25, -0.2) is 13.6 Å². The topological polar surface area (TPSA) is 96.1 Å². The van der Waals surface area contributed by atoms with Crippen LogP contribution in [0.1, 0.15) is 12.5 Å². The van der Waals surface area contributed by atoms with E-state index >= 15 is 0 Å². The van der Waals surface area contributed by atoms with Gasteiger partial charge < -0.3 is 4.90 Å². The highest BCUT2D eigenvalue weighted by atomic mass is 35.5. The lowest BCUT2D eigenvalue weighted by atomic mass is 10.1. The molecule has 1 amide bonds. The number of primary sulfonamides is 1. The molecule has 7 nitrogen and oxygen atoms in total. The summed E-state index contributed by atoms with van der Waals surface area (Å²) in [6.07, 6.45) is 1.77. The van der Waals surface area contributed by atoms with Gasteiger partial charge in [0.2, 0.25) is 10.0 Å². The average Bonchev–Trinajstić information content (AvgIpc) is 3.02. The molecule has 0 atom stereocenters. The quantitative estimate of drug-likeness (QED) is 0.462. The molecule has 164 valence electrons. The summed E-state index contributed by atoms with van der Waals surface area (Å²) in [6.45, 7) is 3.13. The first-order valence-electron chi connectivity index (χ1n) is 9.46. The third-order valence-corrected chi connectivity index (χ3v) is 6.02. The first-order valence-corrected chi connectivity index (χ1v) is 12.1. The molecule has 1 aliphatic rings. The number of nitrogens with zero attached hydrogens (tertiary/aromatic N) is 3. The van der Waals surface area contributed by atoms with E-state index < -0.39 is 10.0 Å². The Kier molecular flexibility index (Phi) is 7.38. The minimum Gasteiger partial charge on any atom is -0.369 e. The SMILES string of the molecule is CC1=NN(c2ccc(S(N)(=O)=O)cc2)C(=O)/C1=C\c1ccc(N(CCCl)CCCl)cc1. The van der Waals surface area contributed by atoms with Crippen LogP contribution >= 0.6 is 23.2 Å². The Labute approximate surface area is 191 Å². The highest BCUT2D eigenvalue weighted by Crippen LogP contribution is 2.26. The predicted octanol–water partition coefficient (Wildman–Crippen LogP) is 3.42. The molecule has 0 fully saturated rings. The lowest BCUT2D eigenvalue weighted by molar-refractivity contribution is -0.114. The van der Waals surface area contributed by atoms with Crippen LogP contribution in [0.4, 0.5) is 11.4 Å². The van der Waals surface area contributed by atoms with Crippen LogP contribution in [-0.4, -0.2) is 44.9 Å². The van der Waals surface area contributed by atoms with E-state index in [2.05, 4.69) is 10.0 Å². The highest BCUT2D eigenvalue weighted by molar-refractivity contribution is 7.89. The maximum absolute atomic E-state index is 12.9. The van der Waals surface area contributed by atoms with E-state index in [9.17, 15) is 13.2 Å². The van der Waals surface area contributed by atoms with Crippen LogP contribution in [0.2, 0.25) is 0 Å². The summed E-state index contributed by atoms with van der Waals surface area (Å²) in [5.74, 6) is 0.706. The fraction of sp³-hybridized carbons (Fsp3) is 0.238. The van der Waals surface area contributed by atoms with Crippen LogP contribution in [0.15, 0.2) is 64.1 Å². The third kappa shape index (κ3) is 5.46. The van der Waals surface area contributed by atoms with Gasteiger partial charge in [-0.3, -0.25) is 4.79 Å². The standard InChI is InChI=1S/C21H22Cl2N4O3S/c1-15-20(14-16-2-4-17(5-3-16)26(12-10-22)13-11-23)21(28)27(25-15)18-6-8-19(9-7-18)31(24,29)30/h2-9,14H,10-13H2,1H3,(H2,24,29,30)/b20-14-. The van der Waals surface area contributed by atoms with Crippen molar-refractivity contribution in [2.24, 2.45) is 10.2 Å². The van der Waals surface area contributed by atoms with E-state index in [4.69, 9.17) is 28.3 Å². The Morgan fingerprint density at radius 2 is 1.61 bits per heavy atom. The predicted molar refractivity (Wildman–Crippen MR) is 126 cm³/mol. The highest BCUT2D eigenvalue weighted by Gasteiger charge is 2.28. The average molecular weight is 481 g/mol. The Morgan fingerprint density at radius 3 is 2.13 bits per heavy atom. The molecule has 0 radical (unpaired) electrons. The van der Waals surface area contributed by atoms with Crippen molar-refractivity contribution >= 4 is 62.3 Å². The van der Waals surface area contributed by atoms with E-state index in [0.29, 0.717) is 41.8 Å². The fourth-order valence-electron chi connectivity index (χ4n) is 3.16. The minimum absolute atomic E-state index is 0.0307. The minimum atomic E-state index is -3.80. The molecule has 0 spiro atoms. The van der Waals surface area contributed by atoms with Gasteiger partial charge in [-0.05, 0) is 55.0 Å². The largest absolute Gasteiger partial charge is 0.369 e. The van der Waals surface area contributed by atoms with Crippen molar-refractivity contribution in [3.05, 3.63) is 59.7 Å². The lowest BCUT2D eigenvalue weighted by Gasteiger charge is -2.22. The Balaban J connectivity index is 1.81. The number of alkyl halides is 2. The number of carbonyl (C=O) groups is 1. The first kappa shape index (κ1) is 23.3. The maximum Gasteiger partial charge on any atom is 0.280 e. The zero-order valence-electron chi connectivity index (χ0n) is 16.8. The summed E-state index contributed by atoms with van der Waals surface area (Å²) in [6, 6.07) is 13.4. The summed E-state index contributed by atoms with van der Waals surface area (Å²) in [7, 11) is -3.80. The molecule has 0 saturated heterocycles. The number of amides is 1. The van der Waals surface area contributed by atoms with Crippen LogP contribution in [0.5, 0.6) is 0 Å². The van der Waals surface area contributed by atoms with Crippen molar-refractivity contribution in [1.82, 2.24) is 0 Å². The van der Waals surface area contributed by atoms with Gasteiger partial charge in [0.25, 0.3) is 5.91 Å². The van der Waals surface area contributed by atoms with Gasteiger partial charge in [0.05, 0.1) is 21.9 Å². The van der Waals surface area contributed by atoms with Gasteiger partial charge in [-0.2, -0.15) is 10.1 Å². The molecule has 2 N–H and O–H groups in total. The first-order chi connectivity index (χ1) is 14.7. The molecule has 0 unspecified atom stereocenters. The monoisotopic (exact) mass is 480 g/mol. The third-order valence-electron chi connectivity index (χ3n) is 4.75. The number of hydrogen-bond acceptors (Lipinski definition) is 5. The van der Waals surface area contributed by atoms with Crippen molar-refractivity contribution < 1.29 is 13.2 Å². The van der Waals surface area contributed by atoms with Gasteiger partial charge in [0, 0.05) is 30.5 Å². The van der Waals surface area contributed by atoms with E-state index in [1.54, 1.807) is 13.0 Å². The molecule has 0 aromatic heterocycles. The molecule has 31 heavy (non-hydrogen) atoms. The van der Waals surface area contributed by atoms with Crippen molar-refractivity contribution in [1.29, 1.82) is 0 Å². The van der Waals surface area contributed by atoms with Gasteiger partial charge >= 0.3 is 0 Å². The van der Waals surface area contributed by atoms with Crippen molar-refractivity contribution in [2.45, 2.75) is 11.8 Å². The maximum atomic E-state index is 12.9. The van der Waals surface area contributed by atoms with Gasteiger partial charge in [0.15, 0.2) is 0 Å². The summed E-state index contributed by atoms with van der Waals surface area (Å²) in [4.78, 5) is 15.0. The number of halogens is 2. The molecule has 0 bridgehead atoms. The molecule has 1 aliphatic heterocycles. The normalized spacial score (nSPS) is 15.5. The van der Waals surface area contributed by atoms with E-state index in [1.807, 2.05) is 24.3 Å². The van der Waals surface area contributed by atoms with Crippen LogP contribution in [0.25, 0.3) is 6.08 Å². The molecule has 2 aromatic rings. The number of nitrogens with two attached hydrogens (primary N) is 1. The molecule has 2 aromatic carbocycles. The van der Waals surface area contributed by atoms with E-state index in [1.165, 1.54) is 29.3 Å². The van der Waals surface area contributed by atoms with Crippen molar-refractivity contribution in [3.63, 3.8) is 0 Å². The van der Waals surface area contributed by atoms with Gasteiger partial charge in [-0.15, -0.1) is 23.2 Å². The zero-order chi connectivity index (χ0) is 22.6. The molecule has 1 heterocycles. The summed E-state index contributed by atoms with van der Waals surface area (Å²) < 4.78 is 22.8. The number of carbonyl (C=O) groups excluding carboxylic acids is 1. The second-order valence-corrected chi connectivity index (χ2v) is 9.17. The number of hydrogen-bond donors (Lipinski definition) is 1. The Bertz CT molecular complexity index is 1110. The number of anilines is 2. The van der Waals surface area contributed by atoms with Crippen molar-refractivity contribution in [3.8, 4) is 0 Å². The molecule has 0 saturated carbocycles. The molecular weight excluding hydrogens is 459 g/mol. The molecule has 10 heteroatoms. The Hall–Kier alpha value is -2.39. The number of hydrazone groups is 1. The van der Waals surface area contributed by atoms with E-state index in [-0.39, 0.29) is 10.8 Å². The van der Waals surface area contributed by atoms with Crippen LogP contribution in [0, 0.1) is 0 Å². The summed E-state index contributed by atoms with van der Waals surface area (Å²) in [5, 5.41) is 10.7. The second-order valence-electron chi connectivity index (χ2n) is 6.86. The lowest BCUT2D eigenvalue weighted by Crippen LogP contribution is -2.27. The van der Waals surface area contributed by atoms with Gasteiger partial charge in [0.1, 0.15) is 0 Å².